The van der Waals surface area contributed by atoms with Gasteiger partial charge in [0.15, 0.2) is 0 Å². The molecule has 4 atom stereocenters. The van der Waals surface area contributed by atoms with Crippen LogP contribution in [0, 0.1) is 5.92 Å². The Morgan fingerprint density at radius 2 is 2.24 bits per heavy atom. The van der Waals surface area contributed by atoms with Gasteiger partial charge in [-0.15, -0.1) is 0 Å². The van der Waals surface area contributed by atoms with Gasteiger partial charge >= 0.3 is 5.97 Å². The number of hydrogen-bond acceptors (Lipinski definition) is 3. The molecule has 3 rings (SSSR count). The minimum Gasteiger partial charge on any atom is -0.466 e. The number of benzene rings is 1. The molecular formula is C17H22ClNO2. The molecule has 1 aromatic carbocycles. The smallest absolute Gasteiger partial charge is 0.311 e. The largest absolute Gasteiger partial charge is 0.466 e. The summed E-state index contributed by atoms with van der Waals surface area (Å²) < 4.78 is 5.36. The molecule has 2 fully saturated rings. The van der Waals surface area contributed by atoms with Crippen LogP contribution in [-0.4, -0.2) is 36.6 Å². The fraction of sp³-hybridized carbons (Fsp3) is 0.588. The van der Waals surface area contributed by atoms with E-state index in [1.807, 2.05) is 25.1 Å². The van der Waals surface area contributed by atoms with E-state index in [1.54, 1.807) is 0 Å². The van der Waals surface area contributed by atoms with Crippen LogP contribution in [-0.2, 0) is 9.53 Å². The Hall–Kier alpha value is -1.06. The van der Waals surface area contributed by atoms with Crippen LogP contribution in [0.25, 0.3) is 0 Å². The van der Waals surface area contributed by atoms with Crippen molar-refractivity contribution in [3.05, 3.63) is 34.9 Å². The van der Waals surface area contributed by atoms with Crippen molar-refractivity contribution in [2.24, 2.45) is 5.92 Å². The average molecular weight is 308 g/mol. The number of halogens is 1. The van der Waals surface area contributed by atoms with Gasteiger partial charge in [-0.05, 0) is 50.9 Å². The quantitative estimate of drug-likeness (QED) is 0.801. The predicted octanol–water partition coefficient (Wildman–Crippen LogP) is 3.47. The first-order chi connectivity index (χ1) is 10.1. The van der Waals surface area contributed by atoms with Crippen LogP contribution in [0.1, 0.15) is 37.7 Å². The minimum atomic E-state index is -0.0767. The van der Waals surface area contributed by atoms with Crippen molar-refractivity contribution in [1.29, 1.82) is 0 Å². The first-order valence-corrected chi connectivity index (χ1v) is 8.13. The van der Waals surface area contributed by atoms with E-state index in [0.717, 1.165) is 17.9 Å². The lowest BCUT2D eigenvalue weighted by molar-refractivity contribution is -0.152. The first kappa shape index (κ1) is 14.9. The van der Waals surface area contributed by atoms with Gasteiger partial charge in [-0.3, -0.25) is 9.69 Å². The number of piperidine rings is 1. The third-order valence-corrected chi connectivity index (χ3v) is 5.34. The van der Waals surface area contributed by atoms with E-state index >= 15 is 0 Å². The van der Waals surface area contributed by atoms with Gasteiger partial charge in [-0.25, -0.2) is 0 Å². The molecule has 0 aromatic heterocycles. The summed E-state index contributed by atoms with van der Waals surface area (Å²) in [5.74, 6) is 0.0864. The zero-order valence-electron chi connectivity index (χ0n) is 12.6. The van der Waals surface area contributed by atoms with Crippen LogP contribution in [0.4, 0.5) is 0 Å². The molecule has 2 aliphatic heterocycles. The van der Waals surface area contributed by atoms with E-state index < -0.39 is 0 Å². The standard InChI is InChI=1S/C17H22ClNO2/c1-3-21-17(20)16-14(11-5-4-6-12(18)9-11)10-13-7-8-15(16)19(13)2/h4-6,9,13-16H,3,7-8,10H2,1-2H3/t13?,14-,15?,16?/m1/s1. The van der Waals surface area contributed by atoms with E-state index in [1.165, 1.54) is 12.0 Å². The number of nitrogens with zero attached hydrogens (tertiary/aromatic N) is 1. The lowest BCUT2D eigenvalue weighted by Crippen LogP contribution is -2.49. The lowest BCUT2D eigenvalue weighted by atomic mass is 9.76. The van der Waals surface area contributed by atoms with E-state index in [4.69, 9.17) is 16.3 Å². The highest BCUT2D eigenvalue weighted by atomic mass is 35.5. The second kappa shape index (κ2) is 5.98. The monoisotopic (exact) mass is 307 g/mol. The molecule has 0 spiro atoms. The molecule has 3 nitrogen and oxygen atoms in total. The van der Waals surface area contributed by atoms with E-state index in [9.17, 15) is 4.79 Å². The van der Waals surface area contributed by atoms with E-state index in [0.29, 0.717) is 18.7 Å². The molecule has 2 heterocycles. The van der Waals surface area contributed by atoms with Gasteiger partial charge in [0.1, 0.15) is 0 Å². The van der Waals surface area contributed by atoms with Gasteiger partial charge in [0.25, 0.3) is 0 Å². The molecule has 0 amide bonds. The van der Waals surface area contributed by atoms with Crippen LogP contribution < -0.4 is 0 Å². The molecule has 3 unspecified atom stereocenters. The van der Waals surface area contributed by atoms with Crippen LogP contribution >= 0.6 is 11.6 Å². The fourth-order valence-electron chi connectivity index (χ4n) is 4.11. The van der Waals surface area contributed by atoms with Crippen LogP contribution in [0.15, 0.2) is 24.3 Å². The topological polar surface area (TPSA) is 29.5 Å². The van der Waals surface area contributed by atoms with Gasteiger partial charge in [0.05, 0.1) is 12.5 Å². The number of hydrogen-bond donors (Lipinski definition) is 0. The number of carbonyl (C=O) groups is 1. The van der Waals surface area contributed by atoms with Gasteiger partial charge in [0, 0.05) is 23.0 Å². The average Bonchev–Trinajstić information content (AvgIpc) is 2.71. The summed E-state index contributed by atoms with van der Waals surface area (Å²) in [6.07, 6.45) is 3.27. The third kappa shape index (κ3) is 2.69. The van der Waals surface area contributed by atoms with Gasteiger partial charge in [0.2, 0.25) is 0 Å². The maximum atomic E-state index is 12.5. The minimum absolute atomic E-state index is 0.0559. The Kier molecular flexibility index (Phi) is 4.23. The molecule has 0 radical (unpaired) electrons. The molecule has 0 aliphatic carbocycles. The second-order valence-corrected chi connectivity index (χ2v) is 6.58. The third-order valence-electron chi connectivity index (χ3n) is 5.10. The zero-order chi connectivity index (χ0) is 15.0. The Bertz CT molecular complexity index is 533. The Morgan fingerprint density at radius 3 is 2.95 bits per heavy atom. The molecule has 21 heavy (non-hydrogen) atoms. The van der Waals surface area contributed by atoms with Crippen molar-refractivity contribution >= 4 is 17.6 Å². The summed E-state index contributed by atoms with van der Waals surface area (Å²) in [4.78, 5) is 14.9. The van der Waals surface area contributed by atoms with E-state index in [2.05, 4.69) is 18.0 Å². The summed E-state index contributed by atoms with van der Waals surface area (Å²) in [5.41, 5.74) is 1.17. The maximum absolute atomic E-state index is 12.5. The van der Waals surface area contributed by atoms with Crippen molar-refractivity contribution in [2.75, 3.05) is 13.7 Å². The van der Waals surface area contributed by atoms with Crippen molar-refractivity contribution in [3.63, 3.8) is 0 Å². The van der Waals surface area contributed by atoms with Gasteiger partial charge in [-0.1, -0.05) is 23.7 Å². The Labute approximate surface area is 131 Å². The molecular weight excluding hydrogens is 286 g/mol. The second-order valence-electron chi connectivity index (χ2n) is 6.14. The van der Waals surface area contributed by atoms with Crippen molar-refractivity contribution in [3.8, 4) is 0 Å². The van der Waals surface area contributed by atoms with Crippen molar-refractivity contribution in [2.45, 2.75) is 44.2 Å². The predicted molar refractivity (Wildman–Crippen MR) is 83.5 cm³/mol. The van der Waals surface area contributed by atoms with Crippen LogP contribution in [0.5, 0.6) is 0 Å². The van der Waals surface area contributed by atoms with Crippen LogP contribution in [0.3, 0.4) is 0 Å². The lowest BCUT2D eigenvalue weighted by Gasteiger charge is -2.41. The van der Waals surface area contributed by atoms with Gasteiger partial charge in [-0.2, -0.15) is 0 Å². The van der Waals surface area contributed by atoms with Crippen LogP contribution in [0.2, 0.25) is 5.02 Å². The molecule has 2 saturated heterocycles. The number of carbonyl (C=O) groups excluding carboxylic acids is 1. The number of rotatable bonds is 3. The summed E-state index contributed by atoms with van der Waals surface area (Å²) in [6.45, 7) is 2.31. The summed E-state index contributed by atoms with van der Waals surface area (Å²) in [7, 11) is 2.14. The SMILES string of the molecule is CCOC(=O)C1C2CCC(C[C@@H]1c1cccc(Cl)c1)N2C. The zero-order valence-corrected chi connectivity index (χ0v) is 13.3. The fourth-order valence-corrected chi connectivity index (χ4v) is 4.31. The highest BCUT2D eigenvalue weighted by molar-refractivity contribution is 6.30. The molecule has 2 aliphatic rings. The molecule has 4 heteroatoms. The maximum Gasteiger partial charge on any atom is 0.311 e. The molecule has 0 N–H and O–H groups in total. The number of esters is 1. The van der Waals surface area contributed by atoms with Crippen molar-refractivity contribution in [1.82, 2.24) is 4.90 Å². The number of fused-ring (bicyclic) bond motifs is 2. The Morgan fingerprint density at radius 1 is 1.43 bits per heavy atom. The summed E-state index contributed by atoms with van der Waals surface area (Å²) in [6, 6.07) is 8.82. The normalized spacial score (nSPS) is 32.1. The summed E-state index contributed by atoms with van der Waals surface area (Å²) >= 11 is 6.14. The molecule has 0 saturated carbocycles. The highest BCUT2D eigenvalue weighted by Crippen LogP contribution is 2.46. The molecule has 2 bridgehead atoms. The number of ether oxygens (including phenoxy) is 1. The van der Waals surface area contributed by atoms with Crippen molar-refractivity contribution < 1.29 is 9.53 Å². The summed E-state index contributed by atoms with van der Waals surface area (Å²) in [5, 5.41) is 0.737. The molecule has 114 valence electrons. The highest BCUT2D eigenvalue weighted by Gasteiger charge is 2.49. The van der Waals surface area contributed by atoms with E-state index in [-0.39, 0.29) is 17.8 Å². The molecule has 1 aromatic rings. The first-order valence-electron chi connectivity index (χ1n) is 7.76. The van der Waals surface area contributed by atoms with Gasteiger partial charge < -0.3 is 4.74 Å². The Balaban J connectivity index is 1.95.